The molecule has 33 heavy (non-hydrogen) atoms. The molecule has 0 aromatic heterocycles. The molecular formula is C24H31N3O5S. The van der Waals surface area contributed by atoms with Crippen LogP contribution in [0.5, 0.6) is 11.5 Å². The van der Waals surface area contributed by atoms with Crippen LogP contribution in [0.1, 0.15) is 23.6 Å². The van der Waals surface area contributed by atoms with Gasteiger partial charge in [-0.3, -0.25) is 14.0 Å². The first-order valence-corrected chi connectivity index (χ1v) is 12.9. The van der Waals surface area contributed by atoms with Gasteiger partial charge in [0.2, 0.25) is 22.7 Å². The Morgan fingerprint density at radius 2 is 1.70 bits per heavy atom. The second-order valence-electron chi connectivity index (χ2n) is 8.79. The van der Waals surface area contributed by atoms with Gasteiger partial charge in [-0.25, -0.2) is 8.42 Å². The summed E-state index contributed by atoms with van der Waals surface area (Å²) in [5.74, 6) is 1.35. The van der Waals surface area contributed by atoms with Gasteiger partial charge in [-0.05, 0) is 61.7 Å². The monoisotopic (exact) mass is 473 g/mol. The summed E-state index contributed by atoms with van der Waals surface area (Å²) in [6.07, 6.45) is 1.15. The lowest BCUT2D eigenvalue weighted by atomic mass is 10.1. The highest BCUT2D eigenvalue weighted by atomic mass is 32.2. The molecule has 1 amide bonds. The Balaban J connectivity index is 1.40. The Bertz CT molecular complexity index is 1140. The molecule has 2 aromatic carbocycles. The number of aryl methyl sites for hydroxylation is 2. The van der Waals surface area contributed by atoms with E-state index in [1.165, 1.54) is 4.31 Å². The molecule has 0 spiro atoms. The van der Waals surface area contributed by atoms with E-state index in [4.69, 9.17) is 9.47 Å². The fraction of sp³-hybridized carbons (Fsp3) is 0.458. The summed E-state index contributed by atoms with van der Waals surface area (Å²) in [4.78, 5) is 17.3. The van der Waals surface area contributed by atoms with E-state index < -0.39 is 16.1 Å². The molecule has 0 saturated carbocycles. The van der Waals surface area contributed by atoms with Crippen LogP contribution in [0.2, 0.25) is 0 Å². The largest absolute Gasteiger partial charge is 0.454 e. The highest BCUT2D eigenvalue weighted by molar-refractivity contribution is 7.92. The van der Waals surface area contributed by atoms with Crippen LogP contribution in [0.15, 0.2) is 36.4 Å². The smallest absolute Gasteiger partial charge is 0.246 e. The minimum Gasteiger partial charge on any atom is -0.454 e. The molecule has 178 valence electrons. The van der Waals surface area contributed by atoms with Gasteiger partial charge in [0.25, 0.3) is 0 Å². The minimum atomic E-state index is -3.63. The number of amides is 1. The fourth-order valence-electron chi connectivity index (χ4n) is 4.35. The number of carbonyl (C=O) groups excluding carboxylic acids is 1. The number of anilines is 1. The Hall–Kier alpha value is -2.78. The van der Waals surface area contributed by atoms with Crippen LogP contribution in [0.25, 0.3) is 0 Å². The van der Waals surface area contributed by atoms with Gasteiger partial charge < -0.3 is 14.4 Å². The normalized spacial score (nSPS) is 17.2. The average molecular weight is 474 g/mol. The van der Waals surface area contributed by atoms with Crippen molar-refractivity contribution in [2.75, 3.05) is 43.5 Å². The number of hydrogen-bond donors (Lipinski definition) is 0. The summed E-state index contributed by atoms with van der Waals surface area (Å²) in [6, 6.07) is 10.6. The van der Waals surface area contributed by atoms with Gasteiger partial charge in [0.05, 0.1) is 11.9 Å². The maximum absolute atomic E-state index is 13.3. The molecule has 2 aromatic rings. The van der Waals surface area contributed by atoms with E-state index in [0.717, 1.165) is 54.1 Å². The van der Waals surface area contributed by atoms with Gasteiger partial charge in [0, 0.05) is 32.7 Å². The summed E-state index contributed by atoms with van der Waals surface area (Å²) in [7, 11) is -3.63. The van der Waals surface area contributed by atoms with E-state index in [9.17, 15) is 13.2 Å². The van der Waals surface area contributed by atoms with Crippen LogP contribution in [-0.2, 0) is 21.4 Å². The van der Waals surface area contributed by atoms with Crippen molar-refractivity contribution in [2.24, 2.45) is 0 Å². The second-order valence-corrected chi connectivity index (χ2v) is 10.7. The van der Waals surface area contributed by atoms with Crippen LogP contribution >= 0.6 is 0 Å². The molecule has 0 radical (unpaired) electrons. The van der Waals surface area contributed by atoms with Crippen molar-refractivity contribution in [2.45, 2.75) is 33.4 Å². The predicted molar refractivity (Wildman–Crippen MR) is 127 cm³/mol. The highest BCUT2D eigenvalue weighted by Gasteiger charge is 2.33. The van der Waals surface area contributed by atoms with E-state index in [1.807, 2.05) is 44.2 Å². The predicted octanol–water partition coefficient (Wildman–Crippen LogP) is 2.53. The number of piperazine rings is 1. The topological polar surface area (TPSA) is 79.4 Å². The van der Waals surface area contributed by atoms with Crippen molar-refractivity contribution >= 4 is 21.6 Å². The van der Waals surface area contributed by atoms with Gasteiger partial charge in [-0.15, -0.1) is 0 Å². The molecule has 9 heteroatoms. The third-order valence-corrected chi connectivity index (χ3v) is 7.58. The molecule has 8 nitrogen and oxygen atoms in total. The lowest BCUT2D eigenvalue weighted by molar-refractivity contribution is -0.133. The molecule has 0 unspecified atom stereocenters. The minimum absolute atomic E-state index is 0.179. The van der Waals surface area contributed by atoms with E-state index in [-0.39, 0.29) is 12.7 Å². The summed E-state index contributed by atoms with van der Waals surface area (Å²) in [6.45, 7) is 9.13. The average Bonchev–Trinajstić information content (AvgIpc) is 3.23. The highest BCUT2D eigenvalue weighted by Crippen LogP contribution is 2.33. The number of rotatable bonds is 6. The summed E-state index contributed by atoms with van der Waals surface area (Å²) in [5, 5.41) is 0. The van der Waals surface area contributed by atoms with Gasteiger partial charge in [0.1, 0.15) is 6.04 Å². The zero-order valence-corrected chi connectivity index (χ0v) is 20.4. The zero-order chi connectivity index (χ0) is 23.8. The molecule has 4 rings (SSSR count). The molecule has 2 aliphatic rings. The lowest BCUT2D eigenvalue weighted by Crippen LogP contribution is -2.55. The van der Waals surface area contributed by atoms with Crippen molar-refractivity contribution in [1.82, 2.24) is 9.80 Å². The van der Waals surface area contributed by atoms with Gasteiger partial charge in [0.15, 0.2) is 11.5 Å². The maximum Gasteiger partial charge on any atom is 0.246 e. The van der Waals surface area contributed by atoms with E-state index in [2.05, 4.69) is 4.90 Å². The molecular weight excluding hydrogens is 442 g/mol. The lowest BCUT2D eigenvalue weighted by Gasteiger charge is -2.38. The third kappa shape index (κ3) is 5.09. The number of carbonyl (C=O) groups is 1. The number of hydrogen-bond acceptors (Lipinski definition) is 6. The first-order valence-electron chi connectivity index (χ1n) is 11.1. The molecule has 1 saturated heterocycles. The SMILES string of the molecule is Cc1ccc(N([C@H](C)C(=O)N2CCN(Cc3ccc4c(c3)OCO4)CC2)S(C)(=O)=O)cc1C. The molecule has 1 fully saturated rings. The fourth-order valence-corrected chi connectivity index (χ4v) is 5.51. The van der Waals surface area contributed by atoms with E-state index in [1.54, 1.807) is 17.9 Å². The number of nitrogens with zero attached hydrogens (tertiary/aromatic N) is 3. The maximum atomic E-state index is 13.3. The van der Waals surface area contributed by atoms with E-state index >= 15 is 0 Å². The number of benzene rings is 2. The van der Waals surface area contributed by atoms with Crippen molar-refractivity contribution in [1.29, 1.82) is 0 Å². The summed E-state index contributed by atoms with van der Waals surface area (Å²) < 4.78 is 37.3. The summed E-state index contributed by atoms with van der Waals surface area (Å²) >= 11 is 0. The molecule has 0 bridgehead atoms. The molecule has 2 heterocycles. The van der Waals surface area contributed by atoms with Crippen LogP contribution in [0.3, 0.4) is 0 Å². The Kier molecular flexibility index (Phi) is 6.54. The molecule has 0 N–H and O–H groups in total. The third-order valence-electron chi connectivity index (χ3n) is 6.34. The van der Waals surface area contributed by atoms with Crippen LogP contribution in [0, 0.1) is 13.8 Å². The first-order chi connectivity index (χ1) is 15.6. The van der Waals surface area contributed by atoms with Crippen molar-refractivity contribution in [3.63, 3.8) is 0 Å². The van der Waals surface area contributed by atoms with Gasteiger partial charge in [-0.1, -0.05) is 12.1 Å². The van der Waals surface area contributed by atoms with Crippen LogP contribution in [0.4, 0.5) is 5.69 Å². The van der Waals surface area contributed by atoms with Gasteiger partial charge >= 0.3 is 0 Å². The van der Waals surface area contributed by atoms with E-state index in [0.29, 0.717) is 18.8 Å². The second kappa shape index (κ2) is 9.23. The Morgan fingerprint density at radius 1 is 1.00 bits per heavy atom. The van der Waals surface area contributed by atoms with Crippen LogP contribution in [-0.4, -0.2) is 69.4 Å². The number of sulfonamides is 1. The standard InChI is InChI=1S/C24H31N3O5S/c1-17-5-7-21(13-18(17)2)27(33(4,29)30)19(3)24(28)26-11-9-25(10-12-26)15-20-6-8-22-23(14-20)32-16-31-22/h5-8,13-14,19H,9-12,15-16H2,1-4H3/t19-/m1/s1. The van der Waals surface area contributed by atoms with Crippen molar-refractivity contribution in [3.05, 3.63) is 53.1 Å². The first kappa shape index (κ1) is 23.4. The van der Waals surface area contributed by atoms with Crippen molar-refractivity contribution < 1.29 is 22.7 Å². The molecule has 1 atom stereocenters. The number of ether oxygens (including phenoxy) is 2. The molecule has 2 aliphatic heterocycles. The Labute approximate surface area is 195 Å². The number of fused-ring (bicyclic) bond motifs is 1. The summed E-state index contributed by atoms with van der Waals surface area (Å²) in [5.41, 5.74) is 3.70. The Morgan fingerprint density at radius 3 is 2.36 bits per heavy atom. The zero-order valence-electron chi connectivity index (χ0n) is 19.6. The quantitative estimate of drug-likeness (QED) is 0.642. The molecule has 0 aliphatic carbocycles. The van der Waals surface area contributed by atoms with Crippen molar-refractivity contribution in [3.8, 4) is 11.5 Å². The van der Waals surface area contributed by atoms with Crippen LogP contribution < -0.4 is 13.8 Å². The van der Waals surface area contributed by atoms with Gasteiger partial charge in [-0.2, -0.15) is 0 Å².